The van der Waals surface area contributed by atoms with Crippen LogP contribution in [0.15, 0.2) is 29.1 Å². The number of aromatic nitrogens is 2. The van der Waals surface area contributed by atoms with Gasteiger partial charge < -0.3 is 0 Å². The van der Waals surface area contributed by atoms with Crippen molar-refractivity contribution in [3.05, 3.63) is 40.4 Å². The van der Waals surface area contributed by atoms with Crippen molar-refractivity contribution in [1.29, 1.82) is 0 Å². The Morgan fingerprint density at radius 1 is 1.38 bits per heavy atom. The molecule has 112 valence electrons. The standard InChI is InChI=1S/C16H19ClN2OS/c1-10(17)15-18-14-6-4-3-5-13(14)16(20)19(15)11-7-8-12(9-11)21-2/h3-6,10-12H,7-9H2,1-2H3. The monoisotopic (exact) mass is 322 g/mol. The van der Waals surface area contributed by atoms with Crippen molar-refractivity contribution >= 4 is 34.3 Å². The first kappa shape index (κ1) is 14.9. The van der Waals surface area contributed by atoms with Crippen molar-refractivity contribution in [3.63, 3.8) is 0 Å². The van der Waals surface area contributed by atoms with Crippen molar-refractivity contribution in [2.24, 2.45) is 0 Å². The van der Waals surface area contributed by atoms with Gasteiger partial charge in [-0.15, -0.1) is 11.6 Å². The predicted octanol–water partition coefficient (Wildman–Crippen LogP) is 4.15. The number of hydrogen-bond donors (Lipinski definition) is 0. The molecule has 3 nitrogen and oxygen atoms in total. The summed E-state index contributed by atoms with van der Waals surface area (Å²) in [5.74, 6) is 0.701. The van der Waals surface area contributed by atoms with Gasteiger partial charge in [-0.25, -0.2) is 4.98 Å². The summed E-state index contributed by atoms with van der Waals surface area (Å²) < 4.78 is 1.86. The number of rotatable bonds is 3. The van der Waals surface area contributed by atoms with Gasteiger partial charge in [0.25, 0.3) is 5.56 Å². The second-order valence-electron chi connectivity index (χ2n) is 5.60. The molecule has 2 aromatic rings. The van der Waals surface area contributed by atoms with Crippen LogP contribution >= 0.6 is 23.4 Å². The number of para-hydroxylation sites is 1. The molecule has 0 radical (unpaired) electrons. The van der Waals surface area contributed by atoms with Gasteiger partial charge in [0.1, 0.15) is 5.82 Å². The number of nitrogens with zero attached hydrogens (tertiary/aromatic N) is 2. The van der Waals surface area contributed by atoms with Crippen LogP contribution in [-0.2, 0) is 0 Å². The van der Waals surface area contributed by atoms with E-state index in [4.69, 9.17) is 11.6 Å². The van der Waals surface area contributed by atoms with Gasteiger partial charge >= 0.3 is 0 Å². The van der Waals surface area contributed by atoms with E-state index in [1.54, 1.807) is 0 Å². The summed E-state index contributed by atoms with van der Waals surface area (Å²) in [6.07, 6.45) is 5.35. The fraction of sp³-hybridized carbons (Fsp3) is 0.500. The second-order valence-corrected chi connectivity index (χ2v) is 7.40. The smallest absolute Gasteiger partial charge is 0.261 e. The molecule has 1 heterocycles. The first-order chi connectivity index (χ1) is 10.1. The van der Waals surface area contributed by atoms with Crippen molar-refractivity contribution < 1.29 is 0 Å². The molecule has 1 aromatic carbocycles. The molecule has 0 saturated heterocycles. The van der Waals surface area contributed by atoms with Gasteiger partial charge in [0.05, 0.1) is 16.3 Å². The molecule has 3 rings (SSSR count). The molecule has 0 bridgehead atoms. The molecular weight excluding hydrogens is 304 g/mol. The van der Waals surface area contributed by atoms with Crippen LogP contribution in [0.3, 0.4) is 0 Å². The third-order valence-corrected chi connectivity index (χ3v) is 5.54. The zero-order chi connectivity index (χ0) is 15.0. The van der Waals surface area contributed by atoms with Crippen LogP contribution < -0.4 is 5.56 Å². The maximum atomic E-state index is 12.9. The Hall–Kier alpha value is -1.00. The molecule has 0 N–H and O–H groups in total. The molecule has 1 aromatic heterocycles. The van der Waals surface area contributed by atoms with Gasteiger partial charge in [-0.1, -0.05) is 12.1 Å². The summed E-state index contributed by atoms with van der Waals surface area (Å²) in [7, 11) is 0. The van der Waals surface area contributed by atoms with E-state index in [2.05, 4.69) is 11.2 Å². The van der Waals surface area contributed by atoms with Crippen LogP contribution in [0.25, 0.3) is 10.9 Å². The Bertz CT molecular complexity index is 713. The third-order valence-electron chi connectivity index (χ3n) is 4.25. The lowest BCUT2D eigenvalue weighted by atomic mass is 10.2. The Morgan fingerprint density at radius 2 is 2.14 bits per heavy atom. The Kier molecular flexibility index (Phi) is 4.27. The maximum Gasteiger partial charge on any atom is 0.261 e. The Balaban J connectivity index is 2.18. The molecule has 0 aliphatic heterocycles. The molecule has 21 heavy (non-hydrogen) atoms. The van der Waals surface area contributed by atoms with E-state index in [1.807, 2.05) is 47.5 Å². The van der Waals surface area contributed by atoms with Crippen LogP contribution in [0.5, 0.6) is 0 Å². The van der Waals surface area contributed by atoms with Gasteiger partial charge in [0, 0.05) is 11.3 Å². The topological polar surface area (TPSA) is 34.9 Å². The average Bonchev–Trinajstić information content (AvgIpc) is 2.95. The number of alkyl halides is 1. The summed E-state index contributed by atoms with van der Waals surface area (Å²) in [6.45, 7) is 1.88. The van der Waals surface area contributed by atoms with E-state index in [0.717, 1.165) is 24.8 Å². The maximum absolute atomic E-state index is 12.9. The molecule has 3 atom stereocenters. The first-order valence-corrected chi connectivity index (χ1v) is 9.02. The second kappa shape index (κ2) is 6.01. The highest BCUT2D eigenvalue weighted by molar-refractivity contribution is 7.99. The fourth-order valence-corrected chi connectivity index (χ4v) is 4.10. The van der Waals surface area contributed by atoms with Gasteiger partial charge in [0.15, 0.2) is 0 Å². The van der Waals surface area contributed by atoms with Gasteiger partial charge in [0.2, 0.25) is 0 Å². The van der Waals surface area contributed by atoms with Crippen molar-refractivity contribution in [1.82, 2.24) is 9.55 Å². The van der Waals surface area contributed by atoms with Gasteiger partial charge in [-0.2, -0.15) is 11.8 Å². The number of benzene rings is 1. The van der Waals surface area contributed by atoms with Crippen LogP contribution in [0.4, 0.5) is 0 Å². The summed E-state index contributed by atoms with van der Waals surface area (Å²) in [4.78, 5) is 17.5. The molecular formula is C16H19ClN2OS. The molecule has 1 fully saturated rings. The Labute approximate surface area is 133 Å². The highest BCUT2D eigenvalue weighted by Crippen LogP contribution is 2.37. The minimum Gasteiger partial charge on any atom is -0.292 e. The van der Waals surface area contributed by atoms with E-state index in [9.17, 15) is 4.79 Å². The lowest BCUT2D eigenvalue weighted by molar-refractivity contribution is 0.477. The van der Waals surface area contributed by atoms with E-state index in [-0.39, 0.29) is 17.0 Å². The zero-order valence-electron chi connectivity index (χ0n) is 12.3. The number of thioether (sulfide) groups is 1. The number of halogens is 1. The Morgan fingerprint density at radius 3 is 2.81 bits per heavy atom. The van der Waals surface area contributed by atoms with Crippen LogP contribution in [0.2, 0.25) is 0 Å². The minimum atomic E-state index is -0.268. The van der Waals surface area contributed by atoms with Crippen LogP contribution in [0, 0.1) is 0 Å². The third kappa shape index (κ3) is 2.71. The van der Waals surface area contributed by atoms with E-state index in [0.29, 0.717) is 16.5 Å². The molecule has 3 unspecified atom stereocenters. The molecule has 1 aliphatic carbocycles. The van der Waals surface area contributed by atoms with Gasteiger partial charge in [-0.05, 0) is 44.6 Å². The average molecular weight is 323 g/mol. The van der Waals surface area contributed by atoms with Crippen molar-refractivity contribution in [3.8, 4) is 0 Å². The SMILES string of the molecule is CSC1CCC(n2c(C(C)Cl)nc3ccccc3c2=O)C1. The highest BCUT2D eigenvalue weighted by atomic mass is 35.5. The molecule has 1 saturated carbocycles. The highest BCUT2D eigenvalue weighted by Gasteiger charge is 2.29. The summed E-state index contributed by atoms with van der Waals surface area (Å²) in [5.41, 5.74) is 0.788. The van der Waals surface area contributed by atoms with Crippen LogP contribution in [0.1, 0.15) is 43.4 Å². The summed E-state index contributed by atoms with van der Waals surface area (Å²) in [5, 5.41) is 1.05. The number of hydrogen-bond acceptors (Lipinski definition) is 3. The largest absolute Gasteiger partial charge is 0.292 e. The molecule has 0 spiro atoms. The fourth-order valence-electron chi connectivity index (χ4n) is 3.16. The van der Waals surface area contributed by atoms with E-state index < -0.39 is 0 Å². The molecule has 0 amide bonds. The first-order valence-electron chi connectivity index (χ1n) is 7.30. The number of fused-ring (bicyclic) bond motifs is 1. The van der Waals surface area contributed by atoms with E-state index >= 15 is 0 Å². The van der Waals surface area contributed by atoms with Crippen molar-refractivity contribution in [2.75, 3.05) is 6.26 Å². The normalized spacial score (nSPS) is 23.6. The molecule has 5 heteroatoms. The molecule has 1 aliphatic rings. The van der Waals surface area contributed by atoms with E-state index in [1.165, 1.54) is 0 Å². The zero-order valence-corrected chi connectivity index (χ0v) is 13.8. The van der Waals surface area contributed by atoms with Crippen LogP contribution in [-0.4, -0.2) is 21.1 Å². The minimum absolute atomic E-state index is 0.0508. The van der Waals surface area contributed by atoms with Gasteiger partial charge in [-0.3, -0.25) is 9.36 Å². The lowest BCUT2D eigenvalue weighted by Gasteiger charge is -2.20. The predicted molar refractivity (Wildman–Crippen MR) is 90.5 cm³/mol. The lowest BCUT2D eigenvalue weighted by Crippen LogP contribution is -2.29. The van der Waals surface area contributed by atoms with Crippen molar-refractivity contribution in [2.45, 2.75) is 42.9 Å². The summed E-state index contributed by atoms with van der Waals surface area (Å²) in [6, 6.07) is 7.75. The summed E-state index contributed by atoms with van der Waals surface area (Å²) >= 11 is 8.19. The quantitative estimate of drug-likeness (QED) is 0.796.